The van der Waals surface area contributed by atoms with E-state index in [1.54, 1.807) is 11.3 Å². The van der Waals surface area contributed by atoms with E-state index in [4.69, 9.17) is 10.3 Å². The molecular weight excluding hydrogens is 356 g/mol. The number of hydrogen-bond donors (Lipinski definition) is 1. The molecule has 4 rings (SSSR count). The van der Waals surface area contributed by atoms with Gasteiger partial charge in [0.2, 0.25) is 0 Å². The van der Waals surface area contributed by atoms with Crippen molar-refractivity contribution in [2.45, 2.75) is 44.1 Å². The molecule has 7 heteroatoms. The quantitative estimate of drug-likeness (QED) is 0.724. The molecule has 1 saturated carbocycles. The Morgan fingerprint density at radius 3 is 2.60 bits per heavy atom. The van der Waals surface area contributed by atoms with Gasteiger partial charge in [0, 0.05) is 11.8 Å². The van der Waals surface area contributed by atoms with Gasteiger partial charge in [-0.1, -0.05) is 48.3 Å². The minimum Gasteiger partial charge on any atom is -0.332 e. The zero-order valence-corrected chi connectivity index (χ0v) is 15.5. The number of nitrogens with zero attached hydrogens (tertiary/aromatic N) is 3. The zero-order valence-electron chi connectivity index (χ0n) is 13.9. The van der Waals surface area contributed by atoms with Crippen LogP contribution < -0.4 is 5.73 Å². The first kappa shape index (κ1) is 18.0. The molecular formula is C18H21ClN4OS. The third-order valence-corrected chi connectivity index (χ3v) is 5.52. The topological polar surface area (TPSA) is 77.8 Å². The summed E-state index contributed by atoms with van der Waals surface area (Å²) in [7, 11) is 0. The molecule has 5 nitrogen and oxygen atoms in total. The average molecular weight is 377 g/mol. The van der Waals surface area contributed by atoms with Crippen molar-refractivity contribution in [2.24, 2.45) is 5.73 Å². The van der Waals surface area contributed by atoms with Gasteiger partial charge in [-0.3, -0.25) is 0 Å². The van der Waals surface area contributed by atoms with Crippen LogP contribution in [0.1, 0.15) is 42.1 Å². The smallest absolute Gasteiger partial charge is 0.277 e. The van der Waals surface area contributed by atoms with Crippen molar-refractivity contribution >= 4 is 23.7 Å². The highest BCUT2D eigenvalue weighted by Gasteiger charge is 2.36. The average Bonchev–Trinajstić information content (AvgIpc) is 3.34. The first-order chi connectivity index (χ1) is 11.7. The van der Waals surface area contributed by atoms with Crippen molar-refractivity contribution in [3.05, 3.63) is 52.1 Å². The van der Waals surface area contributed by atoms with Crippen molar-refractivity contribution in [1.82, 2.24) is 15.1 Å². The van der Waals surface area contributed by atoms with E-state index in [-0.39, 0.29) is 12.4 Å². The van der Waals surface area contributed by atoms with E-state index in [0.29, 0.717) is 11.7 Å². The van der Waals surface area contributed by atoms with Crippen LogP contribution in [0.3, 0.4) is 0 Å². The fourth-order valence-corrected chi connectivity index (χ4v) is 3.95. The van der Waals surface area contributed by atoms with E-state index in [9.17, 15) is 0 Å². The molecule has 0 atom stereocenters. The van der Waals surface area contributed by atoms with Crippen LogP contribution in [-0.4, -0.2) is 15.1 Å². The third-order valence-electron chi connectivity index (χ3n) is 4.61. The first-order valence-electron chi connectivity index (χ1n) is 8.35. The maximum absolute atomic E-state index is 6.39. The highest BCUT2D eigenvalue weighted by Crippen LogP contribution is 2.35. The molecule has 2 aromatic heterocycles. The summed E-state index contributed by atoms with van der Waals surface area (Å²) in [5.74, 6) is 1.10. The Morgan fingerprint density at radius 2 is 1.84 bits per heavy atom. The van der Waals surface area contributed by atoms with E-state index in [0.717, 1.165) is 49.2 Å². The number of halogens is 1. The van der Waals surface area contributed by atoms with Gasteiger partial charge < -0.3 is 10.3 Å². The molecule has 0 bridgehead atoms. The minimum atomic E-state index is -0.423. The summed E-state index contributed by atoms with van der Waals surface area (Å²) in [5.41, 5.74) is 8.04. The van der Waals surface area contributed by atoms with Crippen LogP contribution in [-0.2, 0) is 18.4 Å². The Bertz CT molecular complexity index is 811. The lowest BCUT2D eigenvalue weighted by molar-refractivity contribution is 0.372. The van der Waals surface area contributed by atoms with E-state index in [2.05, 4.69) is 39.4 Å². The van der Waals surface area contributed by atoms with Crippen LogP contribution in [0.4, 0.5) is 0 Å². The summed E-state index contributed by atoms with van der Waals surface area (Å²) in [6.07, 6.45) is 5.99. The number of hydrogen-bond acceptors (Lipinski definition) is 6. The van der Waals surface area contributed by atoms with Crippen LogP contribution in [0, 0.1) is 0 Å². The van der Waals surface area contributed by atoms with Crippen molar-refractivity contribution in [2.75, 3.05) is 0 Å². The van der Waals surface area contributed by atoms with Gasteiger partial charge in [0.05, 0.1) is 10.5 Å². The molecule has 3 aromatic rings. The van der Waals surface area contributed by atoms with E-state index in [1.165, 1.54) is 5.56 Å². The molecule has 0 spiro atoms. The van der Waals surface area contributed by atoms with E-state index < -0.39 is 5.54 Å². The second-order valence-corrected chi connectivity index (χ2v) is 7.34. The number of aromatic nitrogens is 3. The van der Waals surface area contributed by atoms with E-state index in [1.807, 2.05) is 11.4 Å². The lowest BCUT2D eigenvalue weighted by Gasteiger charge is -2.17. The Balaban J connectivity index is 0.00000182. The maximum Gasteiger partial charge on any atom is 0.277 e. The van der Waals surface area contributed by atoms with Gasteiger partial charge in [-0.25, -0.2) is 4.98 Å². The highest BCUT2D eigenvalue weighted by molar-refractivity contribution is 7.09. The molecule has 0 saturated heterocycles. The van der Waals surface area contributed by atoms with Gasteiger partial charge in [-0.15, -0.1) is 23.7 Å². The summed E-state index contributed by atoms with van der Waals surface area (Å²) in [4.78, 5) is 9.15. The molecule has 0 radical (unpaired) electrons. The number of rotatable bonds is 5. The van der Waals surface area contributed by atoms with Crippen LogP contribution in [0.15, 0.2) is 40.2 Å². The standard InChI is InChI=1S/C18H20N4OS.ClH/c19-18(10-4-5-11-18)17-21-16(23-22-17)14-12-24-15(20-14)9-8-13-6-2-1-3-7-13;/h1-3,6-7,12H,4-5,8-11,19H2;1H. The molecule has 25 heavy (non-hydrogen) atoms. The Morgan fingerprint density at radius 1 is 1.08 bits per heavy atom. The second kappa shape index (κ2) is 7.64. The number of aryl methyl sites for hydroxylation is 2. The van der Waals surface area contributed by atoms with Gasteiger partial charge in [0.15, 0.2) is 5.82 Å². The fourth-order valence-electron chi connectivity index (χ4n) is 3.18. The molecule has 0 amide bonds. The largest absolute Gasteiger partial charge is 0.332 e. The van der Waals surface area contributed by atoms with Gasteiger partial charge >= 0.3 is 0 Å². The molecule has 2 N–H and O–H groups in total. The van der Waals surface area contributed by atoms with Crippen LogP contribution >= 0.6 is 23.7 Å². The number of benzene rings is 1. The molecule has 1 fully saturated rings. The van der Waals surface area contributed by atoms with Gasteiger partial charge in [0.25, 0.3) is 5.89 Å². The lowest BCUT2D eigenvalue weighted by atomic mass is 9.99. The van der Waals surface area contributed by atoms with Crippen molar-refractivity contribution in [1.29, 1.82) is 0 Å². The summed E-state index contributed by atoms with van der Waals surface area (Å²) in [5, 5.41) is 7.16. The fraction of sp³-hybridized carbons (Fsp3) is 0.389. The predicted octanol–water partition coefficient (Wildman–Crippen LogP) is 4.13. The predicted molar refractivity (Wildman–Crippen MR) is 101 cm³/mol. The summed E-state index contributed by atoms with van der Waals surface area (Å²) < 4.78 is 5.41. The summed E-state index contributed by atoms with van der Waals surface area (Å²) in [6, 6.07) is 10.4. The van der Waals surface area contributed by atoms with Crippen molar-refractivity contribution < 1.29 is 4.52 Å². The normalized spacial score (nSPS) is 15.9. The zero-order chi connectivity index (χ0) is 16.4. The van der Waals surface area contributed by atoms with E-state index >= 15 is 0 Å². The second-order valence-electron chi connectivity index (χ2n) is 6.40. The molecule has 1 aliphatic carbocycles. The van der Waals surface area contributed by atoms with Crippen LogP contribution in [0.5, 0.6) is 0 Å². The summed E-state index contributed by atoms with van der Waals surface area (Å²) in [6.45, 7) is 0. The molecule has 0 unspecified atom stereocenters. The molecule has 1 aliphatic rings. The monoisotopic (exact) mass is 376 g/mol. The Hall–Kier alpha value is -1.76. The van der Waals surface area contributed by atoms with Crippen LogP contribution in [0.2, 0.25) is 0 Å². The SMILES string of the molecule is Cl.NC1(c2noc(-c3csc(CCc4ccccc4)n3)n2)CCCC1. The van der Waals surface area contributed by atoms with Crippen LogP contribution in [0.25, 0.3) is 11.6 Å². The molecule has 2 heterocycles. The highest BCUT2D eigenvalue weighted by atomic mass is 35.5. The lowest BCUT2D eigenvalue weighted by Crippen LogP contribution is -2.34. The van der Waals surface area contributed by atoms with Crippen molar-refractivity contribution in [3.8, 4) is 11.6 Å². The third kappa shape index (κ3) is 3.92. The van der Waals surface area contributed by atoms with Gasteiger partial charge in [-0.05, 0) is 24.8 Å². The Kier molecular flexibility index (Phi) is 5.51. The molecule has 1 aromatic carbocycles. The van der Waals surface area contributed by atoms with Gasteiger partial charge in [0.1, 0.15) is 5.69 Å². The Labute approximate surface area is 157 Å². The number of nitrogens with two attached hydrogens (primary N) is 1. The maximum atomic E-state index is 6.39. The van der Waals surface area contributed by atoms with Gasteiger partial charge in [-0.2, -0.15) is 4.98 Å². The first-order valence-corrected chi connectivity index (χ1v) is 9.23. The summed E-state index contributed by atoms with van der Waals surface area (Å²) >= 11 is 1.63. The minimum absolute atomic E-state index is 0. The van der Waals surface area contributed by atoms with Crippen molar-refractivity contribution in [3.63, 3.8) is 0 Å². The number of thiazole rings is 1. The molecule has 0 aliphatic heterocycles. The molecule has 132 valence electrons.